The molecule has 0 radical (unpaired) electrons. The number of hydrogen-bond acceptors (Lipinski definition) is 2. The lowest BCUT2D eigenvalue weighted by molar-refractivity contribution is -0.131. The second-order valence-corrected chi connectivity index (χ2v) is 5.31. The van der Waals surface area contributed by atoms with Gasteiger partial charge in [0.25, 0.3) is 0 Å². The van der Waals surface area contributed by atoms with Gasteiger partial charge in [-0.25, -0.2) is 0 Å². The van der Waals surface area contributed by atoms with Gasteiger partial charge in [0.15, 0.2) is 0 Å². The molecule has 86 valence electrons. The summed E-state index contributed by atoms with van der Waals surface area (Å²) in [7, 11) is 0. The summed E-state index contributed by atoms with van der Waals surface area (Å²) in [5.41, 5.74) is -0.112. The molecule has 0 bridgehead atoms. The number of amides is 1. The van der Waals surface area contributed by atoms with E-state index in [0.717, 1.165) is 31.8 Å². The van der Waals surface area contributed by atoms with Gasteiger partial charge >= 0.3 is 0 Å². The van der Waals surface area contributed by atoms with Crippen molar-refractivity contribution in [3.63, 3.8) is 0 Å². The fourth-order valence-electron chi connectivity index (χ4n) is 2.76. The molecule has 2 rings (SSSR count). The summed E-state index contributed by atoms with van der Waals surface area (Å²) >= 11 is 0. The molecular weight excluding hydrogens is 188 g/mol. The van der Waals surface area contributed by atoms with Crippen LogP contribution in [0.2, 0.25) is 0 Å². The first-order valence-corrected chi connectivity index (χ1v) is 6.18. The van der Waals surface area contributed by atoms with E-state index in [1.807, 2.05) is 0 Å². The summed E-state index contributed by atoms with van der Waals surface area (Å²) in [6, 6.07) is 0.455. The number of nitrogens with one attached hydrogen (secondary N) is 2. The Labute approximate surface area is 92.0 Å². The summed E-state index contributed by atoms with van der Waals surface area (Å²) in [6.07, 6.45) is 4.28. The van der Waals surface area contributed by atoms with Crippen molar-refractivity contribution < 1.29 is 4.79 Å². The normalized spacial score (nSPS) is 39.9. The molecule has 1 saturated carbocycles. The van der Waals surface area contributed by atoms with Crippen molar-refractivity contribution in [1.82, 2.24) is 10.6 Å². The van der Waals surface area contributed by atoms with Gasteiger partial charge < -0.3 is 10.6 Å². The smallest absolute Gasteiger partial charge is 0.227 e. The molecule has 1 aliphatic heterocycles. The Balaban J connectivity index is 1.88. The van der Waals surface area contributed by atoms with Gasteiger partial charge in [-0.05, 0) is 38.1 Å². The van der Waals surface area contributed by atoms with Crippen molar-refractivity contribution in [2.24, 2.45) is 11.3 Å². The van der Waals surface area contributed by atoms with E-state index in [0.29, 0.717) is 6.04 Å². The van der Waals surface area contributed by atoms with Crippen molar-refractivity contribution in [3.8, 4) is 0 Å². The van der Waals surface area contributed by atoms with Gasteiger partial charge in [-0.1, -0.05) is 13.8 Å². The molecule has 1 heterocycles. The lowest BCUT2D eigenvalue weighted by atomic mass is 9.79. The number of hydrogen-bond donors (Lipinski definition) is 2. The van der Waals surface area contributed by atoms with E-state index in [1.165, 1.54) is 12.8 Å². The van der Waals surface area contributed by atoms with Crippen molar-refractivity contribution in [1.29, 1.82) is 0 Å². The molecular formula is C12H22N2O. The Kier molecular flexibility index (Phi) is 3.01. The summed E-state index contributed by atoms with van der Waals surface area (Å²) in [4.78, 5) is 12.2. The van der Waals surface area contributed by atoms with Gasteiger partial charge in [0, 0.05) is 12.6 Å². The highest BCUT2D eigenvalue weighted by atomic mass is 16.2. The van der Waals surface area contributed by atoms with E-state index in [-0.39, 0.29) is 11.3 Å². The summed E-state index contributed by atoms with van der Waals surface area (Å²) in [5, 5.41) is 6.50. The Bertz CT molecular complexity index is 240. The lowest BCUT2D eigenvalue weighted by Crippen LogP contribution is -2.50. The number of carbonyl (C=O) groups is 1. The summed E-state index contributed by atoms with van der Waals surface area (Å²) in [6.45, 7) is 6.21. The van der Waals surface area contributed by atoms with Gasteiger partial charge in [0.1, 0.15) is 0 Å². The van der Waals surface area contributed by atoms with Crippen LogP contribution in [0.4, 0.5) is 0 Å². The third-order valence-electron chi connectivity index (χ3n) is 4.11. The van der Waals surface area contributed by atoms with Crippen molar-refractivity contribution >= 4 is 5.91 Å². The third kappa shape index (κ3) is 2.03. The van der Waals surface area contributed by atoms with Crippen LogP contribution >= 0.6 is 0 Å². The zero-order valence-corrected chi connectivity index (χ0v) is 9.81. The van der Waals surface area contributed by atoms with Crippen LogP contribution in [0.5, 0.6) is 0 Å². The molecule has 0 aromatic rings. The van der Waals surface area contributed by atoms with Crippen molar-refractivity contribution in [2.45, 2.75) is 45.6 Å². The Morgan fingerprint density at radius 1 is 1.53 bits per heavy atom. The molecule has 2 aliphatic rings. The molecule has 0 aromatic heterocycles. The molecule has 3 nitrogen and oxygen atoms in total. The van der Waals surface area contributed by atoms with Crippen LogP contribution < -0.4 is 10.6 Å². The van der Waals surface area contributed by atoms with Gasteiger partial charge in [-0.15, -0.1) is 0 Å². The van der Waals surface area contributed by atoms with Crippen molar-refractivity contribution in [3.05, 3.63) is 0 Å². The van der Waals surface area contributed by atoms with E-state index in [4.69, 9.17) is 0 Å². The molecule has 0 spiro atoms. The molecule has 1 amide bonds. The van der Waals surface area contributed by atoms with Gasteiger partial charge in [-0.3, -0.25) is 4.79 Å². The Morgan fingerprint density at radius 3 is 2.73 bits per heavy atom. The highest BCUT2D eigenvalue weighted by Crippen LogP contribution is 2.32. The zero-order valence-electron chi connectivity index (χ0n) is 9.81. The standard InChI is InChI=1S/C12H22N2O/c1-3-12(4-5-13-8-12)11(15)14-10-6-9(2)7-10/h9-10,13H,3-8H2,1-2H3,(H,14,15). The van der Waals surface area contributed by atoms with Gasteiger partial charge in [0.05, 0.1) is 5.41 Å². The molecule has 2 N–H and O–H groups in total. The first-order valence-electron chi connectivity index (χ1n) is 6.18. The maximum absolute atomic E-state index is 12.2. The van der Waals surface area contributed by atoms with E-state index < -0.39 is 0 Å². The minimum atomic E-state index is -0.112. The molecule has 0 aromatic carbocycles. The summed E-state index contributed by atoms with van der Waals surface area (Å²) in [5.74, 6) is 1.08. The summed E-state index contributed by atoms with van der Waals surface area (Å²) < 4.78 is 0. The first-order chi connectivity index (χ1) is 7.16. The molecule has 1 atom stereocenters. The van der Waals surface area contributed by atoms with Crippen LogP contribution in [-0.4, -0.2) is 25.0 Å². The average molecular weight is 210 g/mol. The molecule has 1 unspecified atom stereocenters. The highest BCUT2D eigenvalue weighted by molar-refractivity contribution is 5.83. The second kappa shape index (κ2) is 4.12. The van der Waals surface area contributed by atoms with Gasteiger partial charge in [0.2, 0.25) is 5.91 Å². The highest BCUT2D eigenvalue weighted by Gasteiger charge is 2.41. The zero-order chi connectivity index (χ0) is 10.9. The predicted molar refractivity (Wildman–Crippen MR) is 60.5 cm³/mol. The minimum Gasteiger partial charge on any atom is -0.353 e. The van der Waals surface area contributed by atoms with E-state index in [9.17, 15) is 4.79 Å². The first kappa shape index (κ1) is 10.9. The van der Waals surface area contributed by atoms with Crippen LogP contribution in [0.1, 0.15) is 39.5 Å². The minimum absolute atomic E-state index is 0.112. The molecule has 15 heavy (non-hydrogen) atoms. The van der Waals surface area contributed by atoms with Crippen molar-refractivity contribution in [2.75, 3.05) is 13.1 Å². The fourth-order valence-corrected chi connectivity index (χ4v) is 2.76. The molecule has 1 aliphatic carbocycles. The SMILES string of the molecule is CCC1(C(=O)NC2CC(C)C2)CCNC1. The van der Waals surface area contributed by atoms with Crippen LogP contribution in [-0.2, 0) is 4.79 Å². The molecule has 3 heteroatoms. The van der Waals surface area contributed by atoms with Crippen LogP contribution in [0.15, 0.2) is 0 Å². The lowest BCUT2D eigenvalue weighted by Gasteiger charge is -2.36. The monoisotopic (exact) mass is 210 g/mol. The van der Waals surface area contributed by atoms with E-state index >= 15 is 0 Å². The number of rotatable bonds is 3. The maximum Gasteiger partial charge on any atom is 0.227 e. The predicted octanol–water partition coefficient (Wildman–Crippen LogP) is 1.29. The Hall–Kier alpha value is -0.570. The molecule has 1 saturated heterocycles. The van der Waals surface area contributed by atoms with E-state index in [1.54, 1.807) is 0 Å². The van der Waals surface area contributed by atoms with Crippen LogP contribution in [0, 0.1) is 11.3 Å². The quantitative estimate of drug-likeness (QED) is 0.737. The largest absolute Gasteiger partial charge is 0.353 e. The van der Waals surface area contributed by atoms with E-state index in [2.05, 4.69) is 24.5 Å². The molecule has 2 fully saturated rings. The maximum atomic E-state index is 12.2. The topological polar surface area (TPSA) is 41.1 Å². The average Bonchev–Trinajstić information content (AvgIpc) is 2.64. The fraction of sp³-hybridized carbons (Fsp3) is 0.917. The van der Waals surface area contributed by atoms with Crippen LogP contribution in [0.3, 0.4) is 0 Å². The third-order valence-corrected chi connectivity index (χ3v) is 4.11. The Morgan fingerprint density at radius 2 is 2.27 bits per heavy atom. The second-order valence-electron chi connectivity index (χ2n) is 5.31. The van der Waals surface area contributed by atoms with Crippen LogP contribution in [0.25, 0.3) is 0 Å². The van der Waals surface area contributed by atoms with Gasteiger partial charge in [-0.2, -0.15) is 0 Å². The number of carbonyl (C=O) groups excluding carboxylic acids is 1.